The van der Waals surface area contributed by atoms with E-state index in [0.717, 1.165) is 45.3 Å². The van der Waals surface area contributed by atoms with Gasteiger partial charge in [0.2, 0.25) is 5.91 Å². The number of likely N-dealkylation sites (tertiary alicyclic amines) is 1. The van der Waals surface area contributed by atoms with Crippen LogP contribution in [0, 0.1) is 29.1 Å². The van der Waals surface area contributed by atoms with Crippen LogP contribution >= 0.6 is 0 Å². The van der Waals surface area contributed by atoms with Gasteiger partial charge in [-0.2, -0.15) is 0 Å². The number of rotatable bonds is 7. The Hall–Kier alpha value is -1.99. The van der Waals surface area contributed by atoms with Crippen LogP contribution in [0.25, 0.3) is 0 Å². The molecular weight excluding hydrogens is 428 g/mol. The SMILES string of the molecule is CC(C(=O)NCCN1CCCC1)C1CCC2(C)CCC(NC(=O)c3ccccn3)C(C)C2C1O. The molecule has 2 amide bonds. The molecule has 7 unspecified atom stereocenters. The average Bonchev–Trinajstić information content (AvgIpc) is 3.35. The summed E-state index contributed by atoms with van der Waals surface area (Å²) in [6.07, 6.45) is 7.32. The van der Waals surface area contributed by atoms with Gasteiger partial charge in [-0.25, -0.2) is 0 Å². The highest BCUT2D eigenvalue weighted by Crippen LogP contribution is 2.55. The van der Waals surface area contributed by atoms with Crippen molar-refractivity contribution < 1.29 is 14.7 Å². The summed E-state index contributed by atoms with van der Waals surface area (Å²) < 4.78 is 0. The van der Waals surface area contributed by atoms with Gasteiger partial charge in [0.1, 0.15) is 5.69 Å². The third-order valence-electron chi connectivity index (χ3n) is 9.08. The molecule has 7 nitrogen and oxygen atoms in total. The van der Waals surface area contributed by atoms with Crippen molar-refractivity contribution in [2.45, 2.75) is 71.4 Å². The van der Waals surface area contributed by atoms with E-state index < -0.39 is 6.10 Å². The van der Waals surface area contributed by atoms with E-state index in [0.29, 0.717) is 12.2 Å². The zero-order valence-electron chi connectivity index (χ0n) is 21.0. The lowest BCUT2D eigenvalue weighted by Gasteiger charge is -2.56. The molecule has 7 heteroatoms. The first-order chi connectivity index (χ1) is 16.3. The maximum Gasteiger partial charge on any atom is 0.270 e. The van der Waals surface area contributed by atoms with Crippen LogP contribution in [-0.2, 0) is 4.79 Å². The molecular formula is C27H42N4O3. The average molecular weight is 471 g/mol. The monoisotopic (exact) mass is 470 g/mol. The minimum Gasteiger partial charge on any atom is -0.392 e. The van der Waals surface area contributed by atoms with Crippen LogP contribution in [0.4, 0.5) is 0 Å². The van der Waals surface area contributed by atoms with Crippen molar-refractivity contribution >= 4 is 11.8 Å². The van der Waals surface area contributed by atoms with Crippen LogP contribution in [0.15, 0.2) is 24.4 Å². The van der Waals surface area contributed by atoms with E-state index in [2.05, 4.69) is 34.4 Å². The zero-order chi connectivity index (χ0) is 24.3. The first-order valence-corrected chi connectivity index (χ1v) is 13.2. The molecule has 2 saturated carbocycles. The van der Waals surface area contributed by atoms with Gasteiger partial charge in [0.25, 0.3) is 5.91 Å². The van der Waals surface area contributed by atoms with E-state index in [1.54, 1.807) is 18.3 Å². The number of carbonyl (C=O) groups excluding carboxylic acids is 2. The molecule has 2 heterocycles. The van der Waals surface area contributed by atoms with Crippen molar-refractivity contribution in [1.82, 2.24) is 20.5 Å². The lowest BCUT2D eigenvalue weighted by Crippen LogP contribution is -2.58. The standard InChI is InChI=1S/C27H42N4O3/c1-18(25(33)29-14-17-31-15-6-7-16-31)20-9-11-27(3)12-10-21(19(2)23(27)24(20)32)30-26(34)22-8-4-5-13-28-22/h4-5,8,13,18-21,23-24,32H,6-7,9-12,14-17H2,1-3H3,(H,29,33)(H,30,34). The number of fused-ring (bicyclic) bond motifs is 1. The second-order valence-corrected chi connectivity index (χ2v) is 11.2. The lowest BCUT2D eigenvalue weighted by atomic mass is 9.51. The third-order valence-corrected chi connectivity index (χ3v) is 9.08. The van der Waals surface area contributed by atoms with E-state index in [4.69, 9.17) is 0 Å². The minimum absolute atomic E-state index is 0.00873. The molecule has 1 aromatic rings. The summed E-state index contributed by atoms with van der Waals surface area (Å²) in [6, 6.07) is 5.33. The normalized spacial score (nSPS) is 34.8. The van der Waals surface area contributed by atoms with Gasteiger partial charge in [0, 0.05) is 31.2 Å². The van der Waals surface area contributed by atoms with Crippen LogP contribution in [0.3, 0.4) is 0 Å². The molecule has 1 saturated heterocycles. The third kappa shape index (κ3) is 5.30. The Labute approximate surface area is 204 Å². The molecule has 3 aliphatic rings. The van der Waals surface area contributed by atoms with Crippen LogP contribution in [0.1, 0.15) is 69.8 Å². The zero-order valence-corrected chi connectivity index (χ0v) is 21.0. The summed E-state index contributed by atoms with van der Waals surface area (Å²) in [5, 5.41) is 17.9. The summed E-state index contributed by atoms with van der Waals surface area (Å²) in [5.41, 5.74) is 0.456. The molecule has 3 N–H and O–H groups in total. The largest absolute Gasteiger partial charge is 0.392 e. The number of amides is 2. The molecule has 1 aromatic heterocycles. The van der Waals surface area contributed by atoms with Gasteiger partial charge in [0.15, 0.2) is 0 Å². The number of aliphatic hydroxyl groups excluding tert-OH is 1. The molecule has 188 valence electrons. The van der Waals surface area contributed by atoms with Crippen molar-refractivity contribution in [2.75, 3.05) is 26.2 Å². The molecule has 4 rings (SSSR count). The number of nitrogens with one attached hydrogen (secondary N) is 2. The fourth-order valence-electron chi connectivity index (χ4n) is 6.94. The Morgan fingerprint density at radius 2 is 1.97 bits per heavy atom. The minimum atomic E-state index is -0.553. The topological polar surface area (TPSA) is 94.6 Å². The molecule has 0 bridgehead atoms. The Kier molecular flexibility index (Phi) is 7.93. The first-order valence-electron chi connectivity index (χ1n) is 13.2. The molecule has 0 radical (unpaired) electrons. The number of carbonyl (C=O) groups is 2. The molecule has 34 heavy (non-hydrogen) atoms. The van der Waals surface area contributed by atoms with Crippen LogP contribution < -0.4 is 10.6 Å². The summed E-state index contributed by atoms with van der Waals surface area (Å²) >= 11 is 0. The smallest absolute Gasteiger partial charge is 0.270 e. The van der Waals surface area contributed by atoms with Crippen LogP contribution in [-0.4, -0.2) is 65.1 Å². The molecule has 3 fully saturated rings. The number of hydrogen-bond donors (Lipinski definition) is 3. The van der Waals surface area contributed by atoms with E-state index in [1.165, 1.54) is 12.8 Å². The maximum atomic E-state index is 12.9. The van der Waals surface area contributed by atoms with Gasteiger partial charge >= 0.3 is 0 Å². The summed E-state index contributed by atoms with van der Waals surface area (Å²) in [5.74, 6) is -0.223. The molecule has 1 aliphatic heterocycles. The van der Waals surface area contributed by atoms with Gasteiger partial charge < -0.3 is 20.6 Å². The number of aliphatic hydroxyl groups is 1. The quantitative estimate of drug-likeness (QED) is 0.570. The highest BCUT2D eigenvalue weighted by molar-refractivity contribution is 5.92. The second-order valence-electron chi connectivity index (χ2n) is 11.2. The Balaban J connectivity index is 1.37. The van der Waals surface area contributed by atoms with Crippen molar-refractivity contribution in [3.63, 3.8) is 0 Å². The van der Waals surface area contributed by atoms with Gasteiger partial charge in [-0.05, 0) is 86.9 Å². The number of pyridine rings is 1. The van der Waals surface area contributed by atoms with Gasteiger partial charge in [-0.15, -0.1) is 0 Å². The lowest BCUT2D eigenvalue weighted by molar-refractivity contribution is -0.141. The Morgan fingerprint density at radius 1 is 1.24 bits per heavy atom. The number of aromatic nitrogens is 1. The Bertz CT molecular complexity index is 844. The maximum absolute atomic E-state index is 12.9. The molecule has 7 atom stereocenters. The van der Waals surface area contributed by atoms with Gasteiger partial charge in [-0.3, -0.25) is 14.6 Å². The van der Waals surface area contributed by atoms with E-state index in [-0.39, 0.29) is 46.9 Å². The Morgan fingerprint density at radius 3 is 2.68 bits per heavy atom. The molecule has 0 spiro atoms. The predicted molar refractivity (Wildman–Crippen MR) is 132 cm³/mol. The highest BCUT2D eigenvalue weighted by Gasteiger charge is 2.53. The molecule has 0 aromatic carbocycles. The van der Waals surface area contributed by atoms with E-state index in [9.17, 15) is 14.7 Å². The van der Waals surface area contributed by atoms with E-state index in [1.807, 2.05) is 13.0 Å². The van der Waals surface area contributed by atoms with Gasteiger partial charge in [-0.1, -0.05) is 26.8 Å². The van der Waals surface area contributed by atoms with Crippen molar-refractivity contribution in [1.29, 1.82) is 0 Å². The first kappa shape index (κ1) is 25.1. The predicted octanol–water partition coefficient (Wildman–Crippen LogP) is 2.85. The van der Waals surface area contributed by atoms with Gasteiger partial charge in [0.05, 0.1) is 6.10 Å². The van der Waals surface area contributed by atoms with Crippen molar-refractivity contribution in [2.24, 2.45) is 29.1 Å². The second kappa shape index (κ2) is 10.7. The van der Waals surface area contributed by atoms with Crippen LogP contribution in [0.2, 0.25) is 0 Å². The summed E-state index contributed by atoms with van der Waals surface area (Å²) in [6.45, 7) is 10.2. The highest BCUT2D eigenvalue weighted by atomic mass is 16.3. The fraction of sp³-hybridized carbons (Fsp3) is 0.741. The van der Waals surface area contributed by atoms with Crippen molar-refractivity contribution in [3.8, 4) is 0 Å². The van der Waals surface area contributed by atoms with Crippen LogP contribution in [0.5, 0.6) is 0 Å². The van der Waals surface area contributed by atoms with Crippen molar-refractivity contribution in [3.05, 3.63) is 30.1 Å². The van der Waals surface area contributed by atoms with E-state index >= 15 is 0 Å². The number of hydrogen-bond acceptors (Lipinski definition) is 5. The molecule has 2 aliphatic carbocycles. The number of nitrogens with zero attached hydrogens (tertiary/aromatic N) is 2. The summed E-state index contributed by atoms with van der Waals surface area (Å²) in [4.78, 5) is 32.3. The fourth-order valence-corrected chi connectivity index (χ4v) is 6.94. The summed E-state index contributed by atoms with van der Waals surface area (Å²) in [7, 11) is 0.